The maximum absolute atomic E-state index is 5.56. The molecule has 25 heavy (non-hydrogen) atoms. The maximum Gasteiger partial charge on any atom is 0.254 e. The van der Waals surface area contributed by atoms with E-state index in [-0.39, 0.29) is 6.04 Å². The molecule has 4 aromatic rings. The van der Waals surface area contributed by atoms with E-state index in [9.17, 15) is 0 Å². The smallest absolute Gasteiger partial charge is 0.254 e. The minimum atomic E-state index is -0.277. The number of benzene rings is 2. The molecule has 0 bridgehead atoms. The molecule has 124 valence electrons. The first-order valence-corrected chi connectivity index (χ1v) is 8.00. The average molecular weight is 331 g/mol. The van der Waals surface area contributed by atoms with Crippen LogP contribution in [0.3, 0.4) is 0 Å². The van der Waals surface area contributed by atoms with Gasteiger partial charge in [-0.25, -0.2) is 0 Å². The van der Waals surface area contributed by atoms with E-state index in [0.717, 1.165) is 16.9 Å². The Labute approximate surface area is 145 Å². The van der Waals surface area contributed by atoms with Crippen LogP contribution in [0.5, 0.6) is 0 Å². The van der Waals surface area contributed by atoms with Gasteiger partial charge in [-0.3, -0.25) is 4.68 Å². The summed E-state index contributed by atoms with van der Waals surface area (Å²) in [5, 5.41) is 11.9. The molecule has 0 saturated carbocycles. The lowest BCUT2D eigenvalue weighted by Crippen LogP contribution is -2.13. The zero-order valence-corrected chi connectivity index (χ0v) is 13.7. The first kappa shape index (κ1) is 15.1. The Morgan fingerprint density at radius 2 is 1.68 bits per heavy atom. The molecule has 0 fully saturated rings. The van der Waals surface area contributed by atoms with Gasteiger partial charge in [0.2, 0.25) is 5.82 Å². The normalized spacial score (nSPS) is 12.0. The third-order valence-electron chi connectivity index (χ3n) is 3.86. The van der Waals surface area contributed by atoms with Crippen LogP contribution in [0.1, 0.15) is 17.5 Å². The van der Waals surface area contributed by atoms with E-state index in [1.54, 1.807) is 4.68 Å². The number of hydrogen-bond acceptors (Lipinski definition) is 5. The molecule has 0 radical (unpaired) electrons. The SMILES string of the molecule is Cn1ccc(N[C@@H](c2ccccc2)c2nc(-c3ccccc3)no2)n1. The van der Waals surface area contributed by atoms with Crippen molar-refractivity contribution >= 4 is 5.82 Å². The van der Waals surface area contributed by atoms with E-state index in [1.807, 2.05) is 80.0 Å². The molecule has 0 aliphatic heterocycles. The summed E-state index contributed by atoms with van der Waals surface area (Å²) in [6, 6.07) is 21.4. The molecule has 1 N–H and O–H groups in total. The summed E-state index contributed by atoms with van der Waals surface area (Å²) in [4.78, 5) is 4.59. The van der Waals surface area contributed by atoms with Crippen molar-refractivity contribution in [2.45, 2.75) is 6.04 Å². The summed E-state index contributed by atoms with van der Waals surface area (Å²) in [7, 11) is 1.88. The van der Waals surface area contributed by atoms with Crippen molar-refractivity contribution in [3.63, 3.8) is 0 Å². The minimum absolute atomic E-state index is 0.277. The van der Waals surface area contributed by atoms with Gasteiger partial charge in [0.15, 0.2) is 0 Å². The second kappa shape index (κ2) is 6.60. The highest BCUT2D eigenvalue weighted by Crippen LogP contribution is 2.26. The van der Waals surface area contributed by atoms with Gasteiger partial charge in [-0.15, -0.1) is 0 Å². The fraction of sp³-hybridized carbons (Fsp3) is 0.105. The van der Waals surface area contributed by atoms with E-state index in [1.165, 1.54) is 0 Å². The van der Waals surface area contributed by atoms with Gasteiger partial charge in [-0.1, -0.05) is 65.8 Å². The molecule has 2 aromatic carbocycles. The predicted octanol–water partition coefficient (Wildman–Crippen LogP) is 3.67. The van der Waals surface area contributed by atoms with E-state index < -0.39 is 0 Å². The Morgan fingerprint density at radius 3 is 2.36 bits per heavy atom. The van der Waals surface area contributed by atoms with Crippen LogP contribution >= 0.6 is 0 Å². The molecule has 2 aromatic heterocycles. The van der Waals surface area contributed by atoms with Crippen LogP contribution in [0, 0.1) is 0 Å². The Bertz CT molecular complexity index is 946. The number of aryl methyl sites for hydroxylation is 1. The lowest BCUT2D eigenvalue weighted by Gasteiger charge is -2.14. The van der Waals surface area contributed by atoms with Gasteiger partial charge in [0.1, 0.15) is 11.9 Å². The Balaban J connectivity index is 1.70. The van der Waals surface area contributed by atoms with Crippen molar-refractivity contribution in [2.75, 3.05) is 5.32 Å². The van der Waals surface area contributed by atoms with Crippen molar-refractivity contribution in [1.29, 1.82) is 0 Å². The monoisotopic (exact) mass is 331 g/mol. The second-order valence-electron chi connectivity index (χ2n) is 5.68. The summed E-state index contributed by atoms with van der Waals surface area (Å²) in [6.45, 7) is 0. The van der Waals surface area contributed by atoms with Gasteiger partial charge in [0, 0.05) is 24.9 Å². The second-order valence-corrected chi connectivity index (χ2v) is 5.68. The van der Waals surface area contributed by atoms with Gasteiger partial charge in [-0.2, -0.15) is 10.1 Å². The number of rotatable bonds is 5. The Kier molecular flexibility index (Phi) is 4.00. The van der Waals surface area contributed by atoms with E-state index in [4.69, 9.17) is 4.52 Å². The molecule has 0 unspecified atom stereocenters. The quantitative estimate of drug-likeness (QED) is 0.604. The highest BCUT2D eigenvalue weighted by Gasteiger charge is 2.22. The number of hydrogen-bond donors (Lipinski definition) is 1. The van der Waals surface area contributed by atoms with Crippen molar-refractivity contribution in [3.05, 3.63) is 84.4 Å². The molecule has 6 nitrogen and oxygen atoms in total. The van der Waals surface area contributed by atoms with Crippen molar-refractivity contribution < 1.29 is 4.52 Å². The van der Waals surface area contributed by atoms with Crippen LogP contribution in [0.15, 0.2) is 77.4 Å². The van der Waals surface area contributed by atoms with Crippen molar-refractivity contribution in [3.8, 4) is 11.4 Å². The molecule has 4 rings (SSSR count). The molecule has 0 amide bonds. The first-order chi connectivity index (χ1) is 12.3. The average Bonchev–Trinajstić information content (AvgIpc) is 3.30. The molecular weight excluding hydrogens is 314 g/mol. The van der Waals surface area contributed by atoms with Crippen LogP contribution in [0.25, 0.3) is 11.4 Å². The largest absolute Gasteiger partial charge is 0.353 e. The maximum atomic E-state index is 5.56. The standard InChI is InChI=1S/C19H17N5O/c1-24-13-12-16(22-24)20-17(14-8-4-2-5-9-14)19-21-18(23-25-19)15-10-6-3-7-11-15/h2-13,17H,1H3,(H,20,22)/t17-/m0/s1. The lowest BCUT2D eigenvalue weighted by molar-refractivity contribution is 0.372. The predicted molar refractivity (Wildman–Crippen MR) is 94.8 cm³/mol. The molecule has 2 heterocycles. The third-order valence-corrected chi connectivity index (χ3v) is 3.86. The highest BCUT2D eigenvalue weighted by atomic mass is 16.5. The Morgan fingerprint density at radius 1 is 0.960 bits per heavy atom. The molecule has 6 heteroatoms. The molecule has 0 saturated heterocycles. The third kappa shape index (κ3) is 3.28. The molecule has 0 aliphatic carbocycles. The summed E-state index contributed by atoms with van der Waals surface area (Å²) in [5.41, 5.74) is 1.94. The van der Waals surface area contributed by atoms with Crippen LogP contribution in [0.4, 0.5) is 5.82 Å². The summed E-state index contributed by atoms with van der Waals surface area (Å²) in [5.74, 6) is 1.81. The number of anilines is 1. The first-order valence-electron chi connectivity index (χ1n) is 8.00. The van der Waals surface area contributed by atoms with E-state index >= 15 is 0 Å². The van der Waals surface area contributed by atoms with Crippen LogP contribution < -0.4 is 5.32 Å². The molecular formula is C19H17N5O. The van der Waals surface area contributed by atoms with E-state index in [0.29, 0.717) is 11.7 Å². The molecule has 0 spiro atoms. The summed E-state index contributed by atoms with van der Waals surface area (Å²) >= 11 is 0. The van der Waals surface area contributed by atoms with Gasteiger partial charge in [-0.05, 0) is 5.56 Å². The van der Waals surface area contributed by atoms with Gasteiger partial charge in [0.25, 0.3) is 5.89 Å². The van der Waals surface area contributed by atoms with Crippen LogP contribution in [-0.4, -0.2) is 19.9 Å². The summed E-state index contributed by atoms with van der Waals surface area (Å²) in [6.07, 6.45) is 1.88. The van der Waals surface area contributed by atoms with Crippen LogP contribution in [0.2, 0.25) is 0 Å². The van der Waals surface area contributed by atoms with Crippen molar-refractivity contribution in [1.82, 2.24) is 19.9 Å². The number of nitrogens with one attached hydrogen (secondary N) is 1. The number of aromatic nitrogens is 4. The zero-order valence-electron chi connectivity index (χ0n) is 13.7. The number of nitrogens with zero attached hydrogens (tertiary/aromatic N) is 4. The minimum Gasteiger partial charge on any atom is -0.353 e. The zero-order chi connectivity index (χ0) is 17.1. The topological polar surface area (TPSA) is 68.8 Å². The fourth-order valence-electron chi connectivity index (χ4n) is 2.63. The van der Waals surface area contributed by atoms with Crippen LogP contribution in [-0.2, 0) is 7.05 Å². The fourth-order valence-corrected chi connectivity index (χ4v) is 2.63. The van der Waals surface area contributed by atoms with Gasteiger partial charge >= 0.3 is 0 Å². The van der Waals surface area contributed by atoms with Gasteiger partial charge < -0.3 is 9.84 Å². The van der Waals surface area contributed by atoms with Gasteiger partial charge in [0.05, 0.1) is 0 Å². The molecule has 0 aliphatic rings. The van der Waals surface area contributed by atoms with Crippen molar-refractivity contribution in [2.24, 2.45) is 7.05 Å². The lowest BCUT2D eigenvalue weighted by atomic mass is 10.1. The Hall–Kier alpha value is -3.41. The van der Waals surface area contributed by atoms with E-state index in [2.05, 4.69) is 20.6 Å². The molecule has 1 atom stereocenters. The summed E-state index contributed by atoms with van der Waals surface area (Å²) < 4.78 is 7.30. The highest BCUT2D eigenvalue weighted by molar-refractivity contribution is 5.54.